The summed E-state index contributed by atoms with van der Waals surface area (Å²) in [5.74, 6) is 0.382. The SMILES string of the molecule is CC(C)Cc1ccc(-c2ccccc2F)cn1. The molecule has 2 heteroatoms. The van der Waals surface area contributed by atoms with Crippen molar-refractivity contribution in [2.24, 2.45) is 5.92 Å². The molecule has 17 heavy (non-hydrogen) atoms. The second kappa shape index (κ2) is 5.09. The summed E-state index contributed by atoms with van der Waals surface area (Å²) >= 11 is 0. The van der Waals surface area contributed by atoms with Gasteiger partial charge in [0.2, 0.25) is 0 Å². The minimum absolute atomic E-state index is 0.203. The quantitative estimate of drug-likeness (QED) is 0.772. The lowest BCUT2D eigenvalue weighted by atomic mass is 10.0. The third kappa shape index (κ3) is 2.90. The summed E-state index contributed by atoms with van der Waals surface area (Å²) in [4.78, 5) is 4.37. The van der Waals surface area contributed by atoms with Gasteiger partial charge >= 0.3 is 0 Å². The highest BCUT2D eigenvalue weighted by Crippen LogP contribution is 2.21. The van der Waals surface area contributed by atoms with E-state index in [4.69, 9.17) is 0 Å². The highest BCUT2D eigenvalue weighted by molar-refractivity contribution is 5.62. The molecule has 2 rings (SSSR count). The number of nitrogens with zero attached hydrogens (tertiary/aromatic N) is 1. The highest BCUT2D eigenvalue weighted by Gasteiger charge is 2.05. The van der Waals surface area contributed by atoms with Crippen LogP contribution >= 0.6 is 0 Å². The third-order valence-corrected chi connectivity index (χ3v) is 2.63. The fourth-order valence-electron chi connectivity index (χ4n) is 1.82. The van der Waals surface area contributed by atoms with Gasteiger partial charge in [0, 0.05) is 23.0 Å². The molecule has 0 aliphatic rings. The van der Waals surface area contributed by atoms with Gasteiger partial charge < -0.3 is 0 Å². The number of hydrogen-bond acceptors (Lipinski definition) is 1. The molecule has 0 saturated heterocycles. The molecule has 0 saturated carbocycles. The summed E-state index contributed by atoms with van der Waals surface area (Å²) in [5.41, 5.74) is 2.49. The molecule has 1 aromatic carbocycles. The van der Waals surface area contributed by atoms with E-state index in [1.54, 1.807) is 18.3 Å². The molecule has 0 aliphatic heterocycles. The second-order valence-electron chi connectivity index (χ2n) is 4.62. The Bertz CT molecular complexity index is 489. The third-order valence-electron chi connectivity index (χ3n) is 2.63. The highest BCUT2D eigenvalue weighted by atomic mass is 19.1. The van der Waals surface area contributed by atoms with Gasteiger partial charge in [-0.3, -0.25) is 4.98 Å². The van der Waals surface area contributed by atoms with Crippen LogP contribution in [0.5, 0.6) is 0 Å². The second-order valence-corrected chi connectivity index (χ2v) is 4.62. The average Bonchev–Trinajstić information content (AvgIpc) is 2.30. The Morgan fingerprint density at radius 3 is 2.47 bits per heavy atom. The standard InChI is InChI=1S/C15H16FN/c1-11(2)9-13-8-7-12(10-17-13)14-5-3-4-6-15(14)16/h3-8,10-11H,9H2,1-2H3. The van der Waals surface area contributed by atoms with Crippen molar-refractivity contribution < 1.29 is 4.39 Å². The summed E-state index contributed by atoms with van der Waals surface area (Å²) in [6.07, 6.45) is 2.70. The van der Waals surface area contributed by atoms with Gasteiger partial charge in [0.1, 0.15) is 5.82 Å². The molecule has 0 fully saturated rings. The number of rotatable bonds is 3. The van der Waals surface area contributed by atoms with Crippen LogP contribution in [0.3, 0.4) is 0 Å². The van der Waals surface area contributed by atoms with E-state index in [1.165, 1.54) is 6.07 Å². The van der Waals surface area contributed by atoms with Crippen LogP contribution in [0.2, 0.25) is 0 Å². The van der Waals surface area contributed by atoms with Crippen LogP contribution in [-0.2, 0) is 6.42 Å². The molecule has 2 aromatic rings. The fourth-order valence-corrected chi connectivity index (χ4v) is 1.82. The van der Waals surface area contributed by atoms with E-state index in [2.05, 4.69) is 18.8 Å². The van der Waals surface area contributed by atoms with E-state index in [0.29, 0.717) is 11.5 Å². The fraction of sp³-hybridized carbons (Fsp3) is 0.267. The zero-order valence-corrected chi connectivity index (χ0v) is 10.2. The number of hydrogen-bond donors (Lipinski definition) is 0. The van der Waals surface area contributed by atoms with Crippen LogP contribution < -0.4 is 0 Å². The molecule has 1 heterocycles. The lowest BCUT2D eigenvalue weighted by Crippen LogP contribution is -1.97. The Balaban J connectivity index is 2.27. The molecule has 0 aliphatic carbocycles. The van der Waals surface area contributed by atoms with Crippen LogP contribution in [0.4, 0.5) is 4.39 Å². The molecular formula is C15H16FN. The van der Waals surface area contributed by atoms with Crippen molar-refractivity contribution in [3.05, 3.63) is 54.1 Å². The number of pyridine rings is 1. The van der Waals surface area contributed by atoms with Gasteiger partial charge in [0.05, 0.1) is 0 Å². The first-order valence-corrected chi connectivity index (χ1v) is 5.86. The molecule has 88 valence electrons. The molecule has 0 N–H and O–H groups in total. The van der Waals surface area contributed by atoms with Crippen molar-refractivity contribution in [3.63, 3.8) is 0 Å². The predicted octanol–water partition coefficient (Wildman–Crippen LogP) is 4.09. The van der Waals surface area contributed by atoms with E-state index in [0.717, 1.165) is 17.7 Å². The van der Waals surface area contributed by atoms with Gasteiger partial charge in [-0.05, 0) is 24.5 Å². The Morgan fingerprint density at radius 2 is 1.88 bits per heavy atom. The molecule has 0 atom stereocenters. The van der Waals surface area contributed by atoms with Crippen molar-refractivity contribution in [1.82, 2.24) is 4.98 Å². The van der Waals surface area contributed by atoms with E-state index in [9.17, 15) is 4.39 Å². The summed E-state index contributed by atoms with van der Waals surface area (Å²) in [6.45, 7) is 4.32. The van der Waals surface area contributed by atoms with E-state index >= 15 is 0 Å². The smallest absolute Gasteiger partial charge is 0.131 e. The zero-order chi connectivity index (χ0) is 12.3. The normalized spacial score (nSPS) is 10.8. The monoisotopic (exact) mass is 229 g/mol. The van der Waals surface area contributed by atoms with E-state index in [-0.39, 0.29) is 5.82 Å². The predicted molar refractivity (Wildman–Crippen MR) is 68.2 cm³/mol. The molecule has 1 aromatic heterocycles. The maximum Gasteiger partial charge on any atom is 0.131 e. The Kier molecular flexibility index (Phi) is 3.52. The summed E-state index contributed by atoms with van der Waals surface area (Å²) in [6, 6.07) is 10.7. The number of aromatic nitrogens is 1. The lowest BCUT2D eigenvalue weighted by Gasteiger charge is -2.06. The van der Waals surface area contributed by atoms with Crippen molar-refractivity contribution >= 4 is 0 Å². The van der Waals surface area contributed by atoms with Crippen LogP contribution in [0, 0.1) is 11.7 Å². The van der Waals surface area contributed by atoms with Crippen LogP contribution in [0.25, 0.3) is 11.1 Å². The maximum absolute atomic E-state index is 13.6. The van der Waals surface area contributed by atoms with Gasteiger partial charge in [-0.2, -0.15) is 0 Å². The van der Waals surface area contributed by atoms with Gasteiger partial charge in [0.15, 0.2) is 0 Å². The summed E-state index contributed by atoms with van der Waals surface area (Å²) in [5, 5.41) is 0. The van der Waals surface area contributed by atoms with E-state index in [1.807, 2.05) is 18.2 Å². The molecule has 0 unspecified atom stereocenters. The van der Waals surface area contributed by atoms with Crippen LogP contribution in [0.1, 0.15) is 19.5 Å². The average molecular weight is 229 g/mol. The zero-order valence-electron chi connectivity index (χ0n) is 10.2. The van der Waals surface area contributed by atoms with Crippen LogP contribution in [0.15, 0.2) is 42.6 Å². The Hall–Kier alpha value is -1.70. The van der Waals surface area contributed by atoms with E-state index < -0.39 is 0 Å². The Morgan fingerprint density at radius 1 is 1.12 bits per heavy atom. The first-order valence-electron chi connectivity index (χ1n) is 5.86. The van der Waals surface area contributed by atoms with Gasteiger partial charge in [-0.15, -0.1) is 0 Å². The minimum atomic E-state index is -0.203. The summed E-state index contributed by atoms with van der Waals surface area (Å²) in [7, 11) is 0. The molecule has 1 nitrogen and oxygen atoms in total. The molecule has 0 amide bonds. The minimum Gasteiger partial charge on any atom is -0.261 e. The van der Waals surface area contributed by atoms with Crippen molar-refractivity contribution in [1.29, 1.82) is 0 Å². The summed E-state index contributed by atoms with van der Waals surface area (Å²) < 4.78 is 13.6. The maximum atomic E-state index is 13.6. The van der Waals surface area contributed by atoms with Crippen molar-refractivity contribution in [2.75, 3.05) is 0 Å². The Labute approximate surface area is 101 Å². The first kappa shape index (κ1) is 11.8. The van der Waals surface area contributed by atoms with Gasteiger partial charge in [-0.25, -0.2) is 4.39 Å². The van der Waals surface area contributed by atoms with Crippen molar-refractivity contribution in [3.8, 4) is 11.1 Å². The van der Waals surface area contributed by atoms with Crippen LogP contribution in [-0.4, -0.2) is 4.98 Å². The largest absolute Gasteiger partial charge is 0.261 e. The number of halogens is 1. The topological polar surface area (TPSA) is 12.9 Å². The molecular weight excluding hydrogens is 213 g/mol. The number of benzene rings is 1. The lowest BCUT2D eigenvalue weighted by molar-refractivity contribution is 0.630. The van der Waals surface area contributed by atoms with Gasteiger partial charge in [0.25, 0.3) is 0 Å². The first-order chi connectivity index (χ1) is 8.16. The molecule has 0 bridgehead atoms. The molecule has 0 spiro atoms. The van der Waals surface area contributed by atoms with Gasteiger partial charge in [-0.1, -0.05) is 38.1 Å². The van der Waals surface area contributed by atoms with Crippen molar-refractivity contribution in [2.45, 2.75) is 20.3 Å². The molecule has 0 radical (unpaired) electrons.